The first-order valence-corrected chi connectivity index (χ1v) is 5.59. The normalized spacial score (nSPS) is 10.8. The van der Waals surface area contributed by atoms with Gasteiger partial charge in [0.25, 0.3) is 0 Å². The molecule has 0 unspecified atom stereocenters. The van der Waals surface area contributed by atoms with E-state index in [1.807, 2.05) is 18.2 Å². The molecule has 0 aliphatic carbocycles. The Morgan fingerprint density at radius 2 is 1.31 bits per heavy atom. The van der Waals surface area contributed by atoms with Gasteiger partial charge in [-0.15, -0.1) is 0 Å². The van der Waals surface area contributed by atoms with Crippen molar-refractivity contribution in [3.05, 3.63) is 83.9 Å². The Morgan fingerprint density at radius 3 is 1.94 bits per heavy atom. The molecule has 0 N–H and O–H groups in total. The predicted molar refractivity (Wildman–Crippen MR) is 68.3 cm³/mol. The average molecular weight is 207 g/mol. The summed E-state index contributed by atoms with van der Waals surface area (Å²) >= 11 is 0. The van der Waals surface area contributed by atoms with Gasteiger partial charge < -0.3 is 0 Å². The van der Waals surface area contributed by atoms with Crippen LogP contribution in [0, 0.1) is 6.07 Å². The maximum atomic E-state index is 3.02. The summed E-state index contributed by atoms with van der Waals surface area (Å²) in [4.78, 5) is 0. The lowest BCUT2D eigenvalue weighted by molar-refractivity contribution is 1.21. The van der Waals surface area contributed by atoms with E-state index in [1.165, 1.54) is 11.1 Å². The summed E-state index contributed by atoms with van der Waals surface area (Å²) in [5.41, 5.74) is 2.70. The van der Waals surface area contributed by atoms with Crippen LogP contribution in [0.25, 0.3) is 0 Å². The lowest BCUT2D eigenvalue weighted by Gasteiger charge is -1.95. The SMILES string of the molecule is [c]1ccc(CC=CCc2ccccc2)cc1. The summed E-state index contributed by atoms with van der Waals surface area (Å²) < 4.78 is 0. The molecule has 0 heteroatoms. The van der Waals surface area contributed by atoms with E-state index in [2.05, 4.69) is 54.6 Å². The minimum absolute atomic E-state index is 1.00. The molecular weight excluding hydrogens is 192 g/mol. The fourth-order valence-electron chi connectivity index (χ4n) is 1.61. The minimum atomic E-state index is 1.00. The number of hydrogen-bond acceptors (Lipinski definition) is 0. The lowest BCUT2D eigenvalue weighted by Crippen LogP contribution is -1.81. The van der Waals surface area contributed by atoms with Gasteiger partial charge in [0.2, 0.25) is 0 Å². The highest BCUT2D eigenvalue weighted by molar-refractivity contribution is 5.20. The maximum Gasteiger partial charge on any atom is -0.00973 e. The van der Waals surface area contributed by atoms with Crippen molar-refractivity contribution < 1.29 is 0 Å². The van der Waals surface area contributed by atoms with Crippen LogP contribution in [-0.2, 0) is 12.8 Å². The molecule has 0 spiro atoms. The maximum absolute atomic E-state index is 3.02. The second-order valence-corrected chi connectivity index (χ2v) is 3.77. The van der Waals surface area contributed by atoms with Gasteiger partial charge in [-0.05, 0) is 30.0 Å². The monoisotopic (exact) mass is 207 g/mol. The van der Waals surface area contributed by atoms with Gasteiger partial charge in [0.05, 0.1) is 0 Å². The van der Waals surface area contributed by atoms with Gasteiger partial charge in [0, 0.05) is 0 Å². The molecule has 0 saturated carbocycles. The smallest absolute Gasteiger partial charge is 0.00973 e. The number of rotatable bonds is 4. The van der Waals surface area contributed by atoms with Crippen LogP contribution in [0.1, 0.15) is 11.1 Å². The summed E-state index contributed by atoms with van der Waals surface area (Å²) in [6.07, 6.45) is 6.47. The largest absolute Gasteiger partial charge is 0.0838 e. The van der Waals surface area contributed by atoms with Gasteiger partial charge in [-0.25, -0.2) is 0 Å². The standard InChI is InChI=1S/C16H15/c1-3-9-15(10-4-1)13-7-8-14-16-11-5-2-6-12-16/h1,3-12H,13-14H2. The van der Waals surface area contributed by atoms with E-state index in [0.29, 0.717) is 0 Å². The first-order valence-electron chi connectivity index (χ1n) is 5.59. The Morgan fingerprint density at radius 1 is 0.750 bits per heavy atom. The lowest BCUT2D eigenvalue weighted by atomic mass is 10.1. The highest BCUT2D eigenvalue weighted by Gasteiger charge is 1.87. The first kappa shape index (κ1) is 10.7. The van der Waals surface area contributed by atoms with Gasteiger partial charge >= 0.3 is 0 Å². The molecule has 0 fully saturated rings. The molecule has 0 bridgehead atoms. The second-order valence-electron chi connectivity index (χ2n) is 3.77. The van der Waals surface area contributed by atoms with Crippen LogP contribution in [0.4, 0.5) is 0 Å². The molecule has 0 aliphatic heterocycles. The van der Waals surface area contributed by atoms with Crippen LogP contribution >= 0.6 is 0 Å². The fourth-order valence-corrected chi connectivity index (χ4v) is 1.61. The van der Waals surface area contributed by atoms with Crippen LogP contribution < -0.4 is 0 Å². The van der Waals surface area contributed by atoms with E-state index in [9.17, 15) is 0 Å². The average Bonchev–Trinajstić information content (AvgIpc) is 2.37. The second kappa shape index (κ2) is 5.92. The molecule has 2 aromatic rings. The molecular formula is C16H15. The van der Waals surface area contributed by atoms with Gasteiger partial charge in [-0.1, -0.05) is 66.7 Å². The molecule has 0 atom stereocenters. The van der Waals surface area contributed by atoms with Crippen molar-refractivity contribution in [2.45, 2.75) is 12.8 Å². The third-order valence-corrected chi connectivity index (χ3v) is 2.50. The third kappa shape index (κ3) is 3.39. The zero-order valence-corrected chi connectivity index (χ0v) is 9.27. The fraction of sp³-hybridized carbons (Fsp3) is 0.125. The summed E-state index contributed by atoms with van der Waals surface area (Å²) in [5, 5.41) is 0. The summed E-state index contributed by atoms with van der Waals surface area (Å²) in [6.45, 7) is 0. The molecule has 0 saturated heterocycles. The Labute approximate surface area is 97.3 Å². The first-order chi connectivity index (χ1) is 7.95. The molecule has 0 heterocycles. The van der Waals surface area contributed by atoms with E-state index >= 15 is 0 Å². The number of hydrogen-bond donors (Lipinski definition) is 0. The van der Waals surface area contributed by atoms with Crippen molar-refractivity contribution in [2.75, 3.05) is 0 Å². The number of benzene rings is 2. The van der Waals surface area contributed by atoms with Crippen LogP contribution in [0.5, 0.6) is 0 Å². The molecule has 79 valence electrons. The minimum Gasteiger partial charge on any atom is -0.0838 e. The molecule has 0 aromatic heterocycles. The highest BCUT2D eigenvalue weighted by atomic mass is 13.9. The molecule has 0 aliphatic rings. The van der Waals surface area contributed by atoms with Crippen molar-refractivity contribution in [2.24, 2.45) is 0 Å². The van der Waals surface area contributed by atoms with Crippen LogP contribution in [-0.4, -0.2) is 0 Å². The van der Waals surface area contributed by atoms with Crippen LogP contribution in [0.15, 0.2) is 66.7 Å². The molecule has 2 aromatic carbocycles. The van der Waals surface area contributed by atoms with E-state index in [4.69, 9.17) is 0 Å². The summed E-state index contributed by atoms with van der Waals surface area (Å²) in [6, 6.07) is 21.7. The number of allylic oxidation sites excluding steroid dienone is 2. The van der Waals surface area contributed by atoms with E-state index in [0.717, 1.165) is 12.8 Å². The Balaban J connectivity index is 1.83. The van der Waals surface area contributed by atoms with E-state index in [1.54, 1.807) is 0 Å². The van der Waals surface area contributed by atoms with Gasteiger partial charge in [0.1, 0.15) is 0 Å². The molecule has 16 heavy (non-hydrogen) atoms. The van der Waals surface area contributed by atoms with Crippen molar-refractivity contribution in [1.29, 1.82) is 0 Å². The molecule has 1 radical (unpaired) electrons. The quantitative estimate of drug-likeness (QED) is 0.668. The Bertz CT molecular complexity index is 383. The Kier molecular flexibility index (Phi) is 3.95. The van der Waals surface area contributed by atoms with Gasteiger partial charge in [0.15, 0.2) is 0 Å². The van der Waals surface area contributed by atoms with Crippen molar-refractivity contribution >= 4 is 0 Å². The van der Waals surface area contributed by atoms with Crippen molar-refractivity contribution in [3.8, 4) is 0 Å². The van der Waals surface area contributed by atoms with Crippen molar-refractivity contribution in [3.63, 3.8) is 0 Å². The van der Waals surface area contributed by atoms with E-state index < -0.39 is 0 Å². The van der Waals surface area contributed by atoms with Crippen LogP contribution in [0.3, 0.4) is 0 Å². The van der Waals surface area contributed by atoms with Gasteiger partial charge in [-0.2, -0.15) is 0 Å². The molecule has 0 nitrogen and oxygen atoms in total. The molecule has 0 amide bonds. The molecule has 2 rings (SSSR count). The van der Waals surface area contributed by atoms with Crippen LogP contribution in [0.2, 0.25) is 0 Å². The third-order valence-electron chi connectivity index (χ3n) is 2.50. The van der Waals surface area contributed by atoms with Crippen molar-refractivity contribution in [1.82, 2.24) is 0 Å². The summed E-state index contributed by atoms with van der Waals surface area (Å²) in [5.74, 6) is 0. The zero-order chi connectivity index (χ0) is 11.1. The highest BCUT2D eigenvalue weighted by Crippen LogP contribution is 2.03. The van der Waals surface area contributed by atoms with Gasteiger partial charge in [-0.3, -0.25) is 0 Å². The Hall–Kier alpha value is -1.82. The topological polar surface area (TPSA) is 0 Å². The predicted octanol–water partition coefficient (Wildman–Crippen LogP) is 3.83. The summed E-state index contributed by atoms with van der Waals surface area (Å²) in [7, 11) is 0. The van der Waals surface area contributed by atoms with E-state index in [-0.39, 0.29) is 0 Å². The zero-order valence-electron chi connectivity index (χ0n) is 9.27.